The van der Waals surface area contributed by atoms with Gasteiger partial charge in [0.05, 0.1) is 12.2 Å². The molecule has 2 atom stereocenters. The molecule has 1 fully saturated rings. The van der Waals surface area contributed by atoms with Gasteiger partial charge >= 0.3 is 0 Å². The number of carbonyl (C=O) groups is 1. The molecule has 1 aliphatic heterocycles. The second kappa shape index (κ2) is 7.62. The molecule has 2 aromatic heterocycles. The van der Waals surface area contributed by atoms with E-state index < -0.39 is 0 Å². The standard InChI is InChI=1S/C21H23N5O3/c1-13-14(2)22-12-26(21(13)28)11-19(27)25-9-17(16-7-5-4-6-8-16)18(10-25)20-23-15(3)24-29-20/h4-8,12,17-18H,9-11H2,1-3H3/t17-,18-/m0/s1. The molecule has 4 rings (SSSR count). The van der Waals surface area contributed by atoms with Crippen LogP contribution in [0, 0.1) is 20.8 Å². The first-order valence-electron chi connectivity index (χ1n) is 9.59. The van der Waals surface area contributed by atoms with Crippen LogP contribution in [0.15, 0.2) is 46.0 Å². The minimum absolute atomic E-state index is 0.0377. The van der Waals surface area contributed by atoms with E-state index in [0.717, 1.165) is 5.56 Å². The van der Waals surface area contributed by atoms with E-state index in [4.69, 9.17) is 4.52 Å². The lowest BCUT2D eigenvalue weighted by molar-refractivity contribution is -0.130. The molecule has 29 heavy (non-hydrogen) atoms. The van der Waals surface area contributed by atoms with Crippen LogP contribution in [0.25, 0.3) is 0 Å². The summed E-state index contributed by atoms with van der Waals surface area (Å²) in [4.78, 5) is 35.8. The maximum absolute atomic E-state index is 13.0. The van der Waals surface area contributed by atoms with Gasteiger partial charge in [-0.3, -0.25) is 14.2 Å². The Morgan fingerprint density at radius 3 is 2.55 bits per heavy atom. The molecule has 3 aromatic rings. The zero-order valence-electron chi connectivity index (χ0n) is 16.7. The van der Waals surface area contributed by atoms with Gasteiger partial charge in [-0.15, -0.1) is 0 Å². The Labute approximate surface area is 168 Å². The Bertz CT molecular complexity index is 1090. The summed E-state index contributed by atoms with van der Waals surface area (Å²) in [5, 5.41) is 3.91. The average Bonchev–Trinajstić information content (AvgIpc) is 3.35. The molecular weight excluding hydrogens is 370 g/mol. The molecular formula is C21H23N5O3. The van der Waals surface area contributed by atoms with Crippen molar-refractivity contribution in [1.82, 2.24) is 24.6 Å². The van der Waals surface area contributed by atoms with Crippen LogP contribution in [0.1, 0.15) is 40.4 Å². The van der Waals surface area contributed by atoms with Gasteiger partial charge in [-0.1, -0.05) is 35.5 Å². The number of amides is 1. The first-order valence-corrected chi connectivity index (χ1v) is 9.59. The van der Waals surface area contributed by atoms with Crippen molar-refractivity contribution in [3.05, 3.63) is 75.5 Å². The minimum atomic E-state index is -0.186. The number of carbonyl (C=O) groups excluding carboxylic acids is 1. The topological polar surface area (TPSA) is 94.1 Å². The highest BCUT2D eigenvalue weighted by atomic mass is 16.5. The fourth-order valence-corrected chi connectivity index (χ4v) is 3.79. The molecule has 1 aliphatic rings. The van der Waals surface area contributed by atoms with Crippen molar-refractivity contribution in [1.29, 1.82) is 0 Å². The summed E-state index contributed by atoms with van der Waals surface area (Å²) < 4.78 is 6.80. The number of hydrogen-bond donors (Lipinski definition) is 0. The van der Waals surface area contributed by atoms with E-state index in [2.05, 4.69) is 15.1 Å². The van der Waals surface area contributed by atoms with Crippen molar-refractivity contribution in [2.45, 2.75) is 39.2 Å². The summed E-state index contributed by atoms with van der Waals surface area (Å²) in [7, 11) is 0. The van der Waals surface area contributed by atoms with E-state index in [1.54, 1.807) is 25.7 Å². The smallest absolute Gasteiger partial charge is 0.256 e. The predicted octanol–water partition coefficient (Wildman–Crippen LogP) is 1.96. The van der Waals surface area contributed by atoms with E-state index in [1.165, 1.54) is 10.9 Å². The molecule has 8 heteroatoms. The second-order valence-electron chi connectivity index (χ2n) is 7.49. The fourth-order valence-electron chi connectivity index (χ4n) is 3.79. The second-order valence-corrected chi connectivity index (χ2v) is 7.49. The van der Waals surface area contributed by atoms with Crippen LogP contribution in [0.2, 0.25) is 0 Å². The summed E-state index contributed by atoms with van der Waals surface area (Å²) in [5.41, 5.74) is 2.17. The largest absolute Gasteiger partial charge is 0.340 e. The Hall–Kier alpha value is -3.29. The molecule has 0 N–H and O–H groups in total. The van der Waals surface area contributed by atoms with Crippen LogP contribution in [0.3, 0.4) is 0 Å². The van der Waals surface area contributed by atoms with E-state index in [1.807, 2.05) is 30.3 Å². The van der Waals surface area contributed by atoms with Gasteiger partial charge in [-0.25, -0.2) is 4.98 Å². The van der Waals surface area contributed by atoms with Crippen LogP contribution < -0.4 is 5.56 Å². The summed E-state index contributed by atoms with van der Waals surface area (Å²) in [6, 6.07) is 10.0. The van der Waals surface area contributed by atoms with Gasteiger partial charge in [0.15, 0.2) is 5.82 Å². The van der Waals surface area contributed by atoms with Crippen LogP contribution in [-0.4, -0.2) is 43.6 Å². The first-order chi connectivity index (χ1) is 13.9. The van der Waals surface area contributed by atoms with Gasteiger partial charge in [0.25, 0.3) is 5.56 Å². The summed E-state index contributed by atoms with van der Waals surface area (Å²) >= 11 is 0. The van der Waals surface area contributed by atoms with Crippen molar-refractivity contribution in [2.75, 3.05) is 13.1 Å². The molecule has 1 aromatic carbocycles. The van der Waals surface area contributed by atoms with Crippen molar-refractivity contribution < 1.29 is 9.32 Å². The quantitative estimate of drug-likeness (QED) is 0.673. The molecule has 1 saturated heterocycles. The molecule has 8 nitrogen and oxygen atoms in total. The van der Waals surface area contributed by atoms with Crippen LogP contribution in [0.4, 0.5) is 0 Å². The zero-order valence-corrected chi connectivity index (χ0v) is 16.7. The molecule has 1 amide bonds. The molecule has 0 radical (unpaired) electrons. The van der Waals surface area contributed by atoms with Crippen molar-refractivity contribution in [3.63, 3.8) is 0 Å². The molecule has 0 bridgehead atoms. The van der Waals surface area contributed by atoms with Crippen LogP contribution in [-0.2, 0) is 11.3 Å². The predicted molar refractivity (Wildman–Crippen MR) is 106 cm³/mol. The molecule has 0 unspecified atom stereocenters. The number of benzene rings is 1. The number of hydrogen-bond acceptors (Lipinski definition) is 6. The highest BCUT2D eigenvalue weighted by Gasteiger charge is 2.40. The molecule has 0 spiro atoms. The Morgan fingerprint density at radius 2 is 1.86 bits per heavy atom. The van der Waals surface area contributed by atoms with Gasteiger partial charge in [0, 0.05) is 30.3 Å². The number of likely N-dealkylation sites (tertiary alicyclic amines) is 1. The van der Waals surface area contributed by atoms with Crippen molar-refractivity contribution in [2.24, 2.45) is 0 Å². The van der Waals surface area contributed by atoms with Gasteiger partial charge in [-0.05, 0) is 26.3 Å². The van der Waals surface area contributed by atoms with Crippen LogP contribution >= 0.6 is 0 Å². The SMILES string of the molecule is Cc1noc([C@H]2CN(C(=O)Cn3cnc(C)c(C)c3=O)C[C@H]2c2ccccc2)n1. The maximum Gasteiger partial charge on any atom is 0.256 e. The van der Waals surface area contributed by atoms with E-state index >= 15 is 0 Å². The van der Waals surface area contributed by atoms with E-state index in [9.17, 15) is 9.59 Å². The normalized spacial score (nSPS) is 18.9. The van der Waals surface area contributed by atoms with Gasteiger partial charge in [0.1, 0.15) is 6.54 Å². The third kappa shape index (κ3) is 3.70. The number of aryl methyl sites for hydroxylation is 2. The molecule has 3 heterocycles. The molecule has 150 valence electrons. The summed E-state index contributed by atoms with van der Waals surface area (Å²) in [5.74, 6) is 0.949. The third-order valence-corrected chi connectivity index (χ3v) is 5.58. The Kier molecular flexibility index (Phi) is 5.00. The number of aromatic nitrogens is 4. The fraction of sp³-hybridized carbons (Fsp3) is 0.381. The number of rotatable bonds is 4. The van der Waals surface area contributed by atoms with Gasteiger partial charge in [-0.2, -0.15) is 4.98 Å². The molecule has 0 saturated carbocycles. The number of nitrogens with zero attached hydrogens (tertiary/aromatic N) is 5. The van der Waals surface area contributed by atoms with Gasteiger partial charge in [0.2, 0.25) is 11.8 Å². The van der Waals surface area contributed by atoms with E-state index in [0.29, 0.717) is 36.1 Å². The lowest BCUT2D eigenvalue weighted by atomic mass is 9.89. The van der Waals surface area contributed by atoms with Crippen molar-refractivity contribution in [3.8, 4) is 0 Å². The van der Waals surface area contributed by atoms with Gasteiger partial charge < -0.3 is 9.42 Å². The minimum Gasteiger partial charge on any atom is -0.340 e. The lowest BCUT2D eigenvalue weighted by Gasteiger charge is -2.17. The first kappa shape index (κ1) is 19.0. The molecule has 0 aliphatic carbocycles. The maximum atomic E-state index is 13.0. The average molecular weight is 393 g/mol. The van der Waals surface area contributed by atoms with Crippen LogP contribution in [0.5, 0.6) is 0 Å². The monoisotopic (exact) mass is 393 g/mol. The highest BCUT2D eigenvalue weighted by molar-refractivity contribution is 5.76. The Balaban J connectivity index is 1.59. The third-order valence-electron chi connectivity index (χ3n) is 5.58. The van der Waals surface area contributed by atoms with E-state index in [-0.39, 0.29) is 29.8 Å². The highest BCUT2D eigenvalue weighted by Crippen LogP contribution is 2.39. The summed E-state index contributed by atoms with van der Waals surface area (Å²) in [6.07, 6.45) is 1.44. The summed E-state index contributed by atoms with van der Waals surface area (Å²) in [6.45, 7) is 6.24. The van der Waals surface area contributed by atoms with Crippen molar-refractivity contribution >= 4 is 5.91 Å². The lowest BCUT2D eigenvalue weighted by Crippen LogP contribution is -2.36. The zero-order chi connectivity index (χ0) is 20.5. The Morgan fingerprint density at radius 1 is 1.14 bits per heavy atom.